The lowest BCUT2D eigenvalue weighted by atomic mass is 10.0. The van der Waals surface area contributed by atoms with Gasteiger partial charge in [-0.1, -0.05) is 22.0 Å². The summed E-state index contributed by atoms with van der Waals surface area (Å²) in [6.45, 7) is 4.13. The quantitative estimate of drug-likeness (QED) is 0.763. The van der Waals surface area contributed by atoms with Gasteiger partial charge in [-0.05, 0) is 36.6 Å². The van der Waals surface area contributed by atoms with Gasteiger partial charge in [0.15, 0.2) is 0 Å². The molecule has 0 fully saturated rings. The van der Waals surface area contributed by atoms with E-state index in [1.54, 1.807) is 0 Å². The van der Waals surface area contributed by atoms with Gasteiger partial charge in [-0.25, -0.2) is 0 Å². The first-order chi connectivity index (χ1) is 5.16. The largest absolute Gasteiger partial charge is 0.392 e. The molecule has 0 radical (unpaired) electrons. The zero-order chi connectivity index (χ0) is 8.43. The Morgan fingerprint density at radius 1 is 1.36 bits per heavy atom. The van der Waals surface area contributed by atoms with Gasteiger partial charge < -0.3 is 5.11 Å². The predicted octanol–water partition coefficient (Wildman–Crippen LogP) is 2.56. The van der Waals surface area contributed by atoms with E-state index in [-0.39, 0.29) is 6.61 Å². The number of aliphatic hydroxyl groups excluding tert-OH is 1. The van der Waals surface area contributed by atoms with Gasteiger partial charge in [0, 0.05) is 4.47 Å². The fraction of sp³-hybridized carbons (Fsp3) is 0.333. The highest BCUT2D eigenvalue weighted by molar-refractivity contribution is 9.10. The van der Waals surface area contributed by atoms with Crippen LogP contribution in [0.4, 0.5) is 0 Å². The summed E-state index contributed by atoms with van der Waals surface area (Å²) in [5, 5.41) is 9.00. The highest BCUT2D eigenvalue weighted by atomic mass is 79.9. The molecule has 0 bridgehead atoms. The van der Waals surface area contributed by atoms with E-state index in [9.17, 15) is 0 Å². The van der Waals surface area contributed by atoms with E-state index in [2.05, 4.69) is 15.9 Å². The zero-order valence-corrected chi connectivity index (χ0v) is 8.27. The summed E-state index contributed by atoms with van der Waals surface area (Å²) in [5.41, 5.74) is 3.31. The molecule has 60 valence electrons. The molecule has 0 heterocycles. The second kappa shape index (κ2) is 3.37. The number of benzene rings is 1. The summed E-state index contributed by atoms with van der Waals surface area (Å²) >= 11 is 3.41. The van der Waals surface area contributed by atoms with Crippen molar-refractivity contribution in [2.75, 3.05) is 0 Å². The predicted molar refractivity (Wildman–Crippen MR) is 49.5 cm³/mol. The van der Waals surface area contributed by atoms with E-state index in [4.69, 9.17) is 5.11 Å². The Balaban J connectivity index is 3.29. The van der Waals surface area contributed by atoms with Crippen molar-refractivity contribution in [2.24, 2.45) is 0 Å². The lowest BCUT2D eigenvalue weighted by Crippen LogP contribution is -1.93. The maximum Gasteiger partial charge on any atom is 0.0687 e. The molecule has 0 unspecified atom stereocenters. The molecular formula is C9H11BrO. The van der Waals surface area contributed by atoms with Crippen LogP contribution >= 0.6 is 15.9 Å². The summed E-state index contributed by atoms with van der Waals surface area (Å²) in [5.74, 6) is 0. The summed E-state index contributed by atoms with van der Waals surface area (Å²) in [4.78, 5) is 0. The van der Waals surface area contributed by atoms with Crippen molar-refractivity contribution in [3.63, 3.8) is 0 Å². The van der Waals surface area contributed by atoms with Crippen molar-refractivity contribution in [2.45, 2.75) is 20.5 Å². The van der Waals surface area contributed by atoms with E-state index in [0.717, 1.165) is 21.2 Å². The van der Waals surface area contributed by atoms with Crippen LogP contribution in [-0.2, 0) is 6.61 Å². The third-order valence-electron chi connectivity index (χ3n) is 1.92. The average molecular weight is 215 g/mol. The van der Waals surface area contributed by atoms with Crippen molar-refractivity contribution in [3.05, 3.63) is 33.3 Å². The van der Waals surface area contributed by atoms with Crippen LogP contribution in [0.2, 0.25) is 0 Å². The average Bonchev–Trinajstić information content (AvgIpc) is 1.99. The molecule has 0 atom stereocenters. The van der Waals surface area contributed by atoms with Gasteiger partial charge >= 0.3 is 0 Å². The molecule has 0 spiro atoms. The molecule has 0 aliphatic rings. The third-order valence-corrected chi connectivity index (χ3v) is 2.78. The SMILES string of the molecule is Cc1ccc(Br)c(C)c1CO. The van der Waals surface area contributed by atoms with Crippen LogP contribution in [0.3, 0.4) is 0 Å². The van der Waals surface area contributed by atoms with Crippen molar-refractivity contribution < 1.29 is 5.11 Å². The normalized spacial score (nSPS) is 10.2. The third kappa shape index (κ3) is 1.63. The molecule has 0 aliphatic carbocycles. The van der Waals surface area contributed by atoms with Crippen LogP contribution in [0.25, 0.3) is 0 Å². The molecule has 0 aliphatic heterocycles. The molecule has 11 heavy (non-hydrogen) atoms. The maximum absolute atomic E-state index is 9.00. The smallest absolute Gasteiger partial charge is 0.0687 e. The minimum Gasteiger partial charge on any atom is -0.392 e. The van der Waals surface area contributed by atoms with Gasteiger partial charge in [0.2, 0.25) is 0 Å². The number of aliphatic hydroxyl groups is 1. The number of halogens is 1. The lowest BCUT2D eigenvalue weighted by Gasteiger charge is -2.07. The molecule has 2 heteroatoms. The fourth-order valence-electron chi connectivity index (χ4n) is 1.11. The van der Waals surface area contributed by atoms with Crippen LogP contribution in [0, 0.1) is 13.8 Å². The topological polar surface area (TPSA) is 20.2 Å². The van der Waals surface area contributed by atoms with Crippen LogP contribution in [0.5, 0.6) is 0 Å². The minimum atomic E-state index is 0.122. The maximum atomic E-state index is 9.00. The van der Waals surface area contributed by atoms with E-state index in [1.165, 1.54) is 0 Å². The summed E-state index contributed by atoms with van der Waals surface area (Å²) < 4.78 is 1.06. The Labute approximate surface area is 75.2 Å². The standard InChI is InChI=1S/C9H11BrO/c1-6-3-4-9(10)7(2)8(6)5-11/h3-4,11H,5H2,1-2H3. The summed E-state index contributed by atoms with van der Waals surface area (Å²) in [6, 6.07) is 4.01. The summed E-state index contributed by atoms with van der Waals surface area (Å²) in [7, 11) is 0. The number of rotatable bonds is 1. The van der Waals surface area contributed by atoms with E-state index in [1.807, 2.05) is 26.0 Å². The first-order valence-electron chi connectivity index (χ1n) is 3.52. The van der Waals surface area contributed by atoms with Crippen LogP contribution < -0.4 is 0 Å². The monoisotopic (exact) mass is 214 g/mol. The molecule has 1 nitrogen and oxygen atoms in total. The Hall–Kier alpha value is -0.340. The highest BCUT2D eigenvalue weighted by Gasteiger charge is 2.03. The van der Waals surface area contributed by atoms with Crippen molar-refractivity contribution in [1.82, 2.24) is 0 Å². The first-order valence-corrected chi connectivity index (χ1v) is 4.31. The summed E-state index contributed by atoms with van der Waals surface area (Å²) in [6.07, 6.45) is 0. The van der Waals surface area contributed by atoms with Crippen LogP contribution in [-0.4, -0.2) is 5.11 Å². The molecule has 1 N–H and O–H groups in total. The molecule has 1 rings (SSSR count). The Bertz CT molecular complexity index is 269. The highest BCUT2D eigenvalue weighted by Crippen LogP contribution is 2.22. The minimum absolute atomic E-state index is 0.122. The lowest BCUT2D eigenvalue weighted by molar-refractivity contribution is 0.280. The molecule has 0 saturated carbocycles. The first kappa shape index (κ1) is 8.75. The van der Waals surface area contributed by atoms with Gasteiger partial charge in [0.25, 0.3) is 0 Å². The van der Waals surface area contributed by atoms with Gasteiger partial charge in [0.05, 0.1) is 6.61 Å². The molecule has 1 aromatic carbocycles. The molecule has 1 aromatic rings. The van der Waals surface area contributed by atoms with Crippen molar-refractivity contribution in [3.8, 4) is 0 Å². The van der Waals surface area contributed by atoms with Gasteiger partial charge in [-0.15, -0.1) is 0 Å². The van der Waals surface area contributed by atoms with Crippen molar-refractivity contribution >= 4 is 15.9 Å². The van der Waals surface area contributed by atoms with Gasteiger partial charge in [-0.2, -0.15) is 0 Å². The molecular weight excluding hydrogens is 204 g/mol. The second-order valence-corrected chi connectivity index (χ2v) is 3.48. The van der Waals surface area contributed by atoms with E-state index < -0.39 is 0 Å². The van der Waals surface area contributed by atoms with E-state index >= 15 is 0 Å². The van der Waals surface area contributed by atoms with E-state index in [0.29, 0.717) is 0 Å². The molecule has 0 amide bonds. The number of hydrogen-bond acceptors (Lipinski definition) is 1. The zero-order valence-electron chi connectivity index (χ0n) is 6.69. The number of hydrogen-bond donors (Lipinski definition) is 1. The number of aryl methyl sites for hydroxylation is 1. The molecule has 0 saturated heterocycles. The van der Waals surface area contributed by atoms with Crippen LogP contribution in [0.1, 0.15) is 16.7 Å². The van der Waals surface area contributed by atoms with Crippen molar-refractivity contribution in [1.29, 1.82) is 0 Å². The Morgan fingerprint density at radius 2 is 2.00 bits per heavy atom. The van der Waals surface area contributed by atoms with Gasteiger partial charge in [-0.3, -0.25) is 0 Å². The van der Waals surface area contributed by atoms with Crippen LogP contribution in [0.15, 0.2) is 16.6 Å². The fourth-order valence-corrected chi connectivity index (χ4v) is 1.48. The molecule has 0 aromatic heterocycles. The Morgan fingerprint density at radius 3 is 2.45 bits per heavy atom. The Kier molecular flexibility index (Phi) is 2.68. The van der Waals surface area contributed by atoms with Gasteiger partial charge in [0.1, 0.15) is 0 Å². The second-order valence-electron chi connectivity index (χ2n) is 2.63.